The minimum atomic E-state index is -0.130. The maximum atomic E-state index is 12.1. The monoisotopic (exact) mass is 290 g/mol. The lowest BCUT2D eigenvalue weighted by Gasteiger charge is -2.19. The van der Waals surface area contributed by atoms with E-state index in [-0.39, 0.29) is 24.3 Å². The topological polar surface area (TPSA) is 58.6 Å². The summed E-state index contributed by atoms with van der Waals surface area (Å²) in [6, 6.07) is 5.99. The number of anilines is 1. The molecule has 0 bridgehead atoms. The molecule has 21 heavy (non-hydrogen) atoms. The fraction of sp³-hybridized carbons (Fsp3) is 0.500. The van der Waals surface area contributed by atoms with E-state index in [1.165, 1.54) is 12.7 Å². The molecule has 0 atom stereocenters. The molecule has 1 N–H and O–H groups in total. The molecule has 5 heteroatoms. The van der Waals surface area contributed by atoms with Crippen LogP contribution in [0.4, 0.5) is 5.69 Å². The van der Waals surface area contributed by atoms with Crippen LogP contribution in [0.15, 0.2) is 18.2 Å². The van der Waals surface area contributed by atoms with Crippen LogP contribution in [0.1, 0.15) is 25.0 Å². The van der Waals surface area contributed by atoms with Crippen LogP contribution in [0, 0.1) is 5.92 Å². The van der Waals surface area contributed by atoms with Crippen LogP contribution in [-0.4, -0.2) is 32.1 Å². The van der Waals surface area contributed by atoms with E-state index in [9.17, 15) is 9.59 Å². The van der Waals surface area contributed by atoms with Gasteiger partial charge in [-0.1, -0.05) is 26.0 Å². The third kappa shape index (κ3) is 3.61. The van der Waals surface area contributed by atoms with Crippen molar-refractivity contribution in [3.8, 4) is 0 Å². The molecule has 0 radical (unpaired) electrons. The summed E-state index contributed by atoms with van der Waals surface area (Å²) >= 11 is 0. The van der Waals surface area contributed by atoms with Gasteiger partial charge in [-0.2, -0.15) is 0 Å². The zero-order valence-electron chi connectivity index (χ0n) is 12.8. The zero-order valence-corrected chi connectivity index (χ0v) is 12.8. The molecule has 0 aliphatic carbocycles. The smallest absolute Gasteiger partial charge is 0.246 e. The average molecular weight is 290 g/mol. The zero-order chi connectivity index (χ0) is 15.4. The van der Waals surface area contributed by atoms with Gasteiger partial charge in [0.1, 0.15) is 6.61 Å². The number of amides is 2. The Morgan fingerprint density at radius 2 is 2.14 bits per heavy atom. The van der Waals surface area contributed by atoms with Crippen molar-refractivity contribution in [3.63, 3.8) is 0 Å². The lowest BCUT2D eigenvalue weighted by atomic mass is 10.1. The van der Waals surface area contributed by atoms with Gasteiger partial charge in [0, 0.05) is 31.8 Å². The largest absolute Gasteiger partial charge is 0.375 e. The summed E-state index contributed by atoms with van der Waals surface area (Å²) in [4.78, 5) is 25.4. The first kappa shape index (κ1) is 15.5. The molecule has 0 aromatic heterocycles. The molecule has 114 valence electrons. The molecule has 1 heterocycles. The van der Waals surface area contributed by atoms with Crippen molar-refractivity contribution >= 4 is 17.5 Å². The van der Waals surface area contributed by atoms with Crippen LogP contribution in [0.3, 0.4) is 0 Å². The quantitative estimate of drug-likeness (QED) is 0.894. The lowest BCUT2D eigenvalue weighted by molar-refractivity contribution is -0.125. The number of carbonyl (C=O) groups is 2. The molecule has 2 rings (SSSR count). The van der Waals surface area contributed by atoms with Gasteiger partial charge in [-0.05, 0) is 23.6 Å². The number of hydrogen-bond acceptors (Lipinski definition) is 3. The van der Waals surface area contributed by atoms with Gasteiger partial charge >= 0.3 is 0 Å². The van der Waals surface area contributed by atoms with E-state index in [1.54, 1.807) is 0 Å². The van der Waals surface area contributed by atoms with E-state index < -0.39 is 0 Å². The first-order chi connectivity index (χ1) is 10.0. The van der Waals surface area contributed by atoms with Gasteiger partial charge < -0.3 is 15.0 Å². The average Bonchev–Trinajstić information content (AvgIpc) is 2.87. The van der Waals surface area contributed by atoms with Crippen molar-refractivity contribution < 1.29 is 14.3 Å². The van der Waals surface area contributed by atoms with Crippen molar-refractivity contribution in [2.24, 2.45) is 5.92 Å². The summed E-state index contributed by atoms with van der Waals surface area (Å²) in [5.74, 6) is 0.0356. The van der Waals surface area contributed by atoms with Crippen LogP contribution < -0.4 is 10.2 Å². The molecule has 0 fully saturated rings. The Labute approximate surface area is 125 Å². The van der Waals surface area contributed by atoms with E-state index >= 15 is 0 Å². The van der Waals surface area contributed by atoms with Gasteiger partial charge in [-0.3, -0.25) is 9.59 Å². The van der Waals surface area contributed by atoms with Gasteiger partial charge in [0.25, 0.3) is 0 Å². The normalized spacial score (nSPS) is 13.4. The number of ether oxygens (including phenoxy) is 1. The van der Waals surface area contributed by atoms with Crippen LogP contribution in [0.25, 0.3) is 0 Å². The van der Waals surface area contributed by atoms with Crippen LogP contribution in [-0.2, 0) is 27.3 Å². The second kappa shape index (κ2) is 6.72. The molecular formula is C16H22N2O3. The van der Waals surface area contributed by atoms with E-state index in [2.05, 4.69) is 11.4 Å². The molecule has 0 saturated heterocycles. The summed E-state index contributed by atoms with van der Waals surface area (Å²) in [6.07, 6.45) is 0.869. The Morgan fingerprint density at radius 1 is 1.38 bits per heavy atom. The number of carbonyl (C=O) groups excluding carboxylic acids is 2. The standard InChI is InChI=1S/C16H22N2O3/c1-11(2)16(20)18-7-6-13-8-12(4-5-14(13)18)9-17-15(19)10-21-3/h4-5,8,11H,6-7,9-10H2,1-3H3,(H,17,19). The van der Waals surface area contributed by atoms with E-state index in [4.69, 9.17) is 4.74 Å². The van der Waals surface area contributed by atoms with Crippen LogP contribution in [0.2, 0.25) is 0 Å². The highest BCUT2D eigenvalue weighted by atomic mass is 16.5. The number of hydrogen-bond donors (Lipinski definition) is 1. The summed E-state index contributed by atoms with van der Waals surface area (Å²) in [7, 11) is 1.50. The summed E-state index contributed by atoms with van der Waals surface area (Å²) in [5, 5.41) is 2.80. The molecule has 2 amide bonds. The third-order valence-electron chi connectivity index (χ3n) is 3.56. The fourth-order valence-electron chi connectivity index (χ4n) is 2.49. The predicted molar refractivity (Wildman–Crippen MR) is 81.1 cm³/mol. The highest BCUT2D eigenvalue weighted by molar-refractivity contribution is 5.96. The van der Waals surface area contributed by atoms with Crippen molar-refractivity contribution in [3.05, 3.63) is 29.3 Å². The number of nitrogens with zero attached hydrogens (tertiary/aromatic N) is 1. The predicted octanol–water partition coefficient (Wildman–Crippen LogP) is 1.49. The Hall–Kier alpha value is -1.88. The van der Waals surface area contributed by atoms with Gasteiger partial charge in [0.2, 0.25) is 11.8 Å². The highest BCUT2D eigenvalue weighted by Gasteiger charge is 2.26. The summed E-state index contributed by atoms with van der Waals surface area (Å²) in [6.45, 7) is 5.13. The van der Waals surface area contributed by atoms with E-state index in [0.29, 0.717) is 6.54 Å². The van der Waals surface area contributed by atoms with Crippen LogP contribution >= 0.6 is 0 Å². The SMILES string of the molecule is COCC(=O)NCc1ccc2c(c1)CCN2C(=O)C(C)C. The number of benzene rings is 1. The second-order valence-corrected chi connectivity index (χ2v) is 5.57. The minimum absolute atomic E-state index is 0.00367. The van der Waals surface area contributed by atoms with Crippen molar-refractivity contribution in [1.82, 2.24) is 5.32 Å². The number of fused-ring (bicyclic) bond motifs is 1. The Kier molecular flexibility index (Phi) is 4.96. The molecule has 0 spiro atoms. The Morgan fingerprint density at radius 3 is 2.81 bits per heavy atom. The first-order valence-electron chi connectivity index (χ1n) is 7.21. The first-order valence-corrected chi connectivity index (χ1v) is 7.21. The third-order valence-corrected chi connectivity index (χ3v) is 3.56. The van der Waals surface area contributed by atoms with Crippen LogP contribution in [0.5, 0.6) is 0 Å². The molecule has 1 aliphatic rings. The van der Waals surface area contributed by atoms with Crippen molar-refractivity contribution in [2.45, 2.75) is 26.8 Å². The van der Waals surface area contributed by atoms with Gasteiger partial charge in [0.15, 0.2) is 0 Å². The van der Waals surface area contributed by atoms with Gasteiger partial charge in [0.05, 0.1) is 0 Å². The fourth-order valence-corrected chi connectivity index (χ4v) is 2.49. The van der Waals surface area contributed by atoms with Crippen molar-refractivity contribution in [1.29, 1.82) is 0 Å². The maximum absolute atomic E-state index is 12.1. The molecule has 1 aromatic rings. The molecule has 0 unspecified atom stereocenters. The summed E-state index contributed by atoms with van der Waals surface area (Å²) < 4.78 is 4.77. The van der Waals surface area contributed by atoms with E-state index in [1.807, 2.05) is 30.9 Å². The molecule has 1 aliphatic heterocycles. The number of nitrogens with one attached hydrogen (secondary N) is 1. The molecule has 1 aromatic carbocycles. The molecular weight excluding hydrogens is 268 g/mol. The molecule has 5 nitrogen and oxygen atoms in total. The maximum Gasteiger partial charge on any atom is 0.246 e. The van der Waals surface area contributed by atoms with Gasteiger partial charge in [-0.15, -0.1) is 0 Å². The van der Waals surface area contributed by atoms with Crippen molar-refractivity contribution in [2.75, 3.05) is 25.2 Å². The minimum Gasteiger partial charge on any atom is -0.375 e. The van der Waals surface area contributed by atoms with Gasteiger partial charge in [-0.25, -0.2) is 0 Å². The summed E-state index contributed by atoms with van der Waals surface area (Å²) in [5.41, 5.74) is 3.21. The Bertz CT molecular complexity index is 540. The second-order valence-electron chi connectivity index (χ2n) is 5.57. The van der Waals surface area contributed by atoms with E-state index in [0.717, 1.165) is 24.2 Å². The molecule has 0 saturated carbocycles. The lowest BCUT2D eigenvalue weighted by Crippen LogP contribution is -2.32. The number of methoxy groups -OCH3 is 1. The Balaban J connectivity index is 2.04. The highest BCUT2D eigenvalue weighted by Crippen LogP contribution is 2.30. The number of rotatable bonds is 5.